The Morgan fingerprint density at radius 1 is 1.65 bits per heavy atom. The van der Waals surface area contributed by atoms with Crippen molar-refractivity contribution in [1.82, 2.24) is 4.98 Å². The topological polar surface area (TPSA) is 81.2 Å². The molecule has 17 heavy (non-hydrogen) atoms. The molecule has 1 heterocycles. The molecule has 0 aliphatic carbocycles. The highest BCUT2D eigenvalue weighted by molar-refractivity contribution is 9.11. The molecule has 0 amide bonds. The number of rotatable bonds is 4. The Bertz CT molecular complexity index is 593. The van der Waals surface area contributed by atoms with Crippen molar-refractivity contribution >= 4 is 38.7 Å². The van der Waals surface area contributed by atoms with Crippen LogP contribution in [0.25, 0.3) is 11.1 Å². The van der Waals surface area contributed by atoms with E-state index in [1.54, 1.807) is 0 Å². The minimum atomic E-state index is -0.471. The molecule has 6 nitrogen and oxygen atoms in total. The quantitative estimate of drug-likeness (QED) is 0.693. The van der Waals surface area contributed by atoms with Crippen molar-refractivity contribution in [2.45, 2.75) is 0 Å². The van der Waals surface area contributed by atoms with Gasteiger partial charge in [0.05, 0.1) is 11.5 Å². The molecule has 0 aliphatic heterocycles. The highest BCUT2D eigenvalue weighted by Crippen LogP contribution is 2.23. The molecule has 0 saturated carbocycles. The van der Waals surface area contributed by atoms with Crippen LogP contribution in [0.15, 0.2) is 33.7 Å². The molecule has 7 heteroatoms. The number of hydrogen-bond donors (Lipinski definition) is 1. The van der Waals surface area contributed by atoms with Crippen molar-refractivity contribution in [3.63, 3.8) is 0 Å². The van der Waals surface area contributed by atoms with E-state index in [-0.39, 0.29) is 5.69 Å². The Labute approximate surface area is 105 Å². The lowest BCUT2D eigenvalue weighted by Gasteiger charge is -1.96. The van der Waals surface area contributed by atoms with Gasteiger partial charge in [-0.25, -0.2) is 0 Å². The van der Waals surface area contributed by atoms with Crippen molar-refractivity contribution in [2.75, 3.05) is 11.9 Å². The molecule has 1 aromatic carbocycles. The van der Waals surface area contributed by atoms with Crippen LogP contribution in [0.4, 0.5) is 11.7 Å². The predicted molar refractivity (Wildman–Crippen MR) is 67.2 cm³/mol. The average Bonchev–Trinajstić information content (AvgIpc) is 2.67. The number of nitro groups is 1. The molecule has 2 rings (SSSR count). The molecule has 0 saturated heterocycles. The summed E-state index contributed by atoms with van der Waals surface area (Å²) < 4.78 is 6.10. The van der Waals surface area contributed by atoms with E-state index in [1.165, 1.54) is 18.2 Å². The van der Waals surface area contributed by atoms with Crippen molar-refractivity contribution in [1.29, 1.82) is 0 Å². The molecule has 1 N–H and O–H groups in total. The fourth-order valence-electron chi connectivity index (χ4n) is 1.28. The minimum Gasteiger partial charge on any atom is -0.424 e. The molecule has 0 atom stereocenters. The Morgan fingerprint density at radius 2 is 2.41 bits per heavy atom. The van der Waals surface area contributed by atoms with Crippen LogP contribution in [0.1, 0.15) is 0 Å². The second-order valence-corrected chi connectivity index (χ2v) is 4.42. The van der Waals surface area contributed by atoms with E-state index in [2.05, 4.69) is 32.8 Å². The van der Waals surface area contributed by atoms with Crippen LogP contribution < -0.4 is 5.32 Å². The number of benzene rings is 1. The lowest BCUT2D eigenvalue weighted by Crippen LogP contribution is -2.00. The van der Waals surface area contributed by atoms with Gasteiger partial charge < -0.3 is 9.73 Å². The van der Waals surface area contributed by atoms with Crippen molar-refractivity contribution in [2.24, 2.45) is 0 Å². The molecule has 0 radical (unpaired) electrons. The van der Waals surface area contributed by atoms with Crippen molar-refractivity contribution < 1.29 is 9.34 Å². The number of halogens is 1. The van der Waals surface area contributed by atoms with Gasteiger partial charge in [-0.2, -0.15) is 4.98 Å². The summed E-state index contributed by atoms with van der Waals surface area (Å²) in [5.41, 5.74) is 0.933. The average molecular weight is 298 g/mol. The van der Waals surface area contributed by atoms with Gasteiger partial charge in [0.25, 0.3) is 11.7 Å². The van der Waals surface area contributed by atoms with Gasteiger partial charge in [-0.1, -0.05) is 22.5 Å². The molecule has 1 aromatic heterocycles. The number of anilines is 1. The van der Waals surface area contributed by atoms with Crippen LogP contribution in [0, 0.1) is 10.1 Å². The first-order chi connectivity index (χ1) is 8.06. The monoisotopic (exact) mass is 297 g/mol. The summed E-state index contributed by atoms with van der Waals surface area (Å²) in [6, 6.07) is 4.57. The zero-order valence-corrected chi connectivity index (χ0v) is 10.2. The second kappa shape index (κ2) is 4.54. The zero-order valence-electron chi connectivity index (χ0n) is 8.64. The minimum absolute atomic E-state index is 0.0118. The summed E-state index contributed by atoms with van der Waals surface area (Å²) >= 11 is 3.19. The lowest BCUT2D eigenvalue weighted by atomic mass is 10.3. The predicted octanol–water partition coefficient (Wildman–Crippen LogP) is 3.06. The van der Waals surface area contributed by atoms with Gasteiger partial charge in [0, 0.05) is 16.6 Å². The molecule has 88 valence electrons. The molecule has 0 spiro atoms. The molecule has 0 unspecified atom stereocenters. The Kier molecular flexibility index (Phi) is 3.10. The van der Waals surface area contributed by atoms with Crippen LogP contribution in [0.2, 0.25) is 0 Å². The number of oxazole rings is 1. The van der Waals surface area contributed by atoms with Gasteiger partial charge in [0.1, 0.15) is 5.52 Å². The number of non-ortho nitro benzene ring substituents is 1. The van der Waals surface area contributed by atoms with Crippen LogP contribution in [-0.4, -0.2) is 16.5 Å². The highest BCUT2D eigenvalue weighted by atomic mass is 79.9. The van der Waals surface area contributed by atoms with Gasteiger partial charge in [-0.3, -0.25) is 10.1 Å². The molecule has 0 bridgehead atoms. The van der Waals surface area contributed by atoms with Gasteiger partial charge in [0.2, 0.25) is 0 Å². The Morgan fingerprint density at radius 3 is 3.06 bits per heavy atom. The van der Waals surface area contributed by atoms with Gasteiger partial charge in [-0.05, 0) is 6.07 Å². The number of nitrogens with one attached hydrogen (secondary N) is 1. The third-order valence-electron chi connectivity index (χ3n) is 2.01. The molecular formula is C10H8BrN3O3. The van der Waals surface area contributed by atoms with Crippen molar-refractivity contribution in [3.05, 3.63) is 39.4 Å². The third-order valence-corrected chi connectivity index (χ3v) is 2.29. The van der Waals surface area contributed by atoms with E-state index >= 15 is 0 Å². The fraction of sp³-hybridized carbons (Fsp3) is 0.100. The summed E-state index contributed by atoms with van der Waals surface area (Å²) in [6.45, 7) is 4.12. The summed E-state index contributed by atoms with van der Waals surface area (Å²) in [6.07, 6.45) is 0. The van der Waals surface area contributed by atoms with E-state index < -0.39 is 4.92 Å². The molecule has 0 aliphatic rings. The first-order valence-corrected chi connectivity index (χ1v) is 5.47. The molecule has 0 fully saturated rings. The fourth-order valence-corrected chi connectivity index (χ4v) is 1.42. The zero-order chi connectivity index (χ0) is 12.4. The number of fused-ring (bicyclic) bond motifs is 1. The third kappa shape index (κ3) is 2.62. The van der Waals surface area contributed by atoms with E-state index in [0.29, 0.717) is 23.7 Å². The van der Waals surface area contributed by atoms with Crippen LogP contribution >= 0.6 is 15.9 Å². The largest absolute Gasteiger partial charge is 0.424 e. The maximum Gasteiger partial charge on any atom is 0.295 e. The van der Waals surface area contributed by atoms with Gasteiger partial charge >= 0.3 is 0 Å². The first kappa shape index (κ1) is 11.6. The summed E-state index contributed by atoms with van der Waals surface area (Å²) in [4.78, 5) is 14.2. The van der Waals surface area contributed by atoms with E-state index in [0.717, 1.165) is 4.48 Å². The maximum absolute atomic E-state index is 10.6. The van der Waals surface area contributed by atoms with Crippen LogP contribution in [0.5, 0.6) is 0 Å². The normalized spacial score (nSPS) is 10.4. The van der Waals surface area contributed by atoms with Crippen LogP contribution in [-0.2, 0) is 0 Å². The lowest BCUT2D eigenvalue weighted by molar-refractivity contribution is -0.384. The SMILES string of the molecule is C=C(Br)CNc1nc2cc([N+](=O)[O-])ccc2o1. The summed E-state index contributed by atoms with van der Waals surface area (Å²) in [7, 11) is 0. The van der Waals surface area contributed by atoms with E-state index in [9.17, 15) is 10.1 Å². The smallest absolute Gasteiger partial charge is 0.295 e. The van der Waals surface area contributed by atoms with Crippen molar-refractivity contribution in [3.8, 4) is 0 Å². The standard InChI is InChI=1S/C10H8BrN3O3/c1-6(11)5-12-10-13-8-4-7(14(15)16)2-3-9(8)17-10/h2-4H,1,5H2,(H,12,13). The summed E-state index contributed by atoms with van der Waals surface area (Å²) in [5, 5.41) is 13.5. The first-order valence-electron chi connectivity index (χ1n) is 4.68. The Balaban J connectivity index is 2.30. The molecular weight excluding hydrogens is 290 g/mol. The molecule has 2 aromatic rings. The van der Waals surface area contributed by atoms with E-state index in [1.807, 2.05) is 0 Å². The van der Waals surface area contributed by atoms with E-state index in [4.69, 9.17) is 4.42 Å². The number of nitro benzene ring substituents is 1. The number of nitrogens with zero attached hydrogens (tertiary/aromatic N) is 2. The van der Waals surface area contributed by atoms with Gasteiger partial charge in [0.15, 0.2) is 5.58 Å². The summed E-state index contributed by atoms with van der Waals surface area (Å²) in [5.74, 6) is 0. The Hall–Kier alpha value is -1.89. The number of aromatic nitrogens is 1. The van der Waals surface area contributed by atoms with Gasteiger partial charge in [-0.15, -0.1) is 0 Å². The number of hydrogen-bond acceptors (Lipinski definition) is 5. The second-order valence-electron chi connectivity index (χ2n) is 3.30. The highest BCUT2D eigenvalue weighted by Gasteiger charge is 2.11. The maximum atomic E-state index is 10.6. The van der Waals surface area contributed by atoms with Crippen LogP contribution in [0.3, 0.4) is 0 Å².